The highest BCUT2D eigenvalue weighted by atomic mass is 79.9. The van der Waals surface area contributed by atoms with Crippen molar-refractivity contribution in [3.05, 3.63) is 73.8 Å². The van der Waals surface area contributed by atoms with Gasteiger partial charge < -0.3 is 10.6 Å². The van der Waals surface area contributed by atoms with Crippen molar-refractivity contribution in [3.8, 4) is 0 Å². The molecular weight excluding hydrogens is 386 g/mol. The number of nitro groups is 1. The fourth-order valence-corrected chi connectivity index (χ4v) is 2.10. The van der Waals surface area contributed by atoms with E-state index in [1.807, 2.05) is 24.3 Å². The van der Waals surface area contributed by atoms with E-state index >= 15 is 0 Å². The Morgan fingerprint density at radius 2 is 1.91 bits per heavy atom. The van der Waals surface area contributed by atoms with Crippen LogP contribution in [0.3, 0.4) is 0 Å². The predicted molar refractivity (Wildman–Crippen MR) is 93.4 cm³/mol. The van der Waals surface area contributed by atoms with Gasteiger partial charge in [0.15, 0.2) is 0 Å². The van der Waals surface area contributed by atoms with Crippen molar-refractivity contribution in [1.29, 1.82) is 0 Å². The first-order valence-corrected chi connectivity index (χ1v) is 7.56. The fourth-order valence-electron chi connectivity index (χ4n) is 1.67. The molecule has 2 aromatic carbocycles. The lowest BCUT2D eigenvalue weighted by Crippen LogP contribution is -2.23. The molecule has 0 radical (unpaired) electrons. The highest BCUT2D eigenvalue weighted by Gasteiger charge is 2.11. The van der Waals surface area contributed by atoms with E-state index in [1.165, 1.54) is 24.4 Å². The lowest BCUT2D eigenvalue weighted by Gasteiger charge is -2.06. The number of hydrogen-bond acceptors (Lipinski definition) is 3. The van der Waals surface area contributed by atoms with E-state index in [4.69, 9.17) is 11.6 Å². The van der Waals surface area contributed by atoms with E-state index < -0.39 is 11.0 Å². The SMILES string of the molecule is O=C(N/C=C/c1ccc(Br)cc1)Nc1cc([N+](=O)[O-])ccc1Cl. The van der Waals surface area contributed by atoms with Crippen LogP contribution in [-0.4, -0.2) is 11.0 Å². The number of rotatable bonds is 4. The summed E-state index contributed by atoms with van der Waals surface area (Å²) in [6, 6.07) is 10.8. The lowest BCUT2D eigenvalue weighted by atomic mass is 10.2. The molecule has 0 atom stereocenters. The quantitative estimate of drug-likeness (QED) is 0.575. The Balaban J connectivity index is 1.98. The summed E-state index contributed by atoms with van der Waals surface area (Å²) in [5, 5.41) is 15.9. The third kappa shape index (κ3) is 5.08. The van der Waals surface area contributed by atoms with Crippen molar-refractivity contribution in [3.63, 3.8) is 0 Å². The number of carbonyl (C=O) groups excluding carboxylic acids is 1. The Morgan fingerprint density at radius 1 is 1.22 bits per heavy atom. The summed E-state index contributed by atoms with van der Waals surface area (Å²) in [6.45, 7) is 0. The van der Waals surface area contributed by atoms with E-state index in [2.05, 4.69) is 26.6 Å². The van der Waals surface area contributed by atoms with Crippen molar-refractivity contribution in [2.24, 2.45) is 0 Å². The van der Waals surface area contributed by atoms with Crippen LogP contribution in [0.4, 0.5) is 16.2 Å². The van der Waals surface area contributed by atoms with E-state index in [0.717, 1.165) is 10.0 Å². The van der Waals surface area contributed by atoms with Gasteiger partial charge >= 0.3 is 6.03 Å². The second-order valence-corrected chi connectivity index (χ2v) is 5.73. The van der Waals surface area contributed by atoms with Gasteiger partial charge in [-0.1, -0.05) is 39.7 Å². The number of nitro benzene ring substituents is 1. The lowest BCUT2D eigenvalue weighted by molar-refractivity contribution is -0.384. The molecule has 23 heavy (non-hydrogen) atoms. The Morgan fingerprint density at radius 3 is 2.57 bits per heavy atom. The molecule has 0 aromatic heterocycles. The summed E-state index contributed by atoms with van der Waals surface area (Å²) >= 11 is 9.23. The standard InChI is InChI=1S/C15H11BrClN3O3/c16-11-3-1-10(2-4-11)7-8-18-15(21)19-14-9-12(20(22)23)5-6-13(14)17/h1-9H,(H2,18,19,21)/b8-7+. The number of anilines is 1. The highest BCUT2D eigenvalue weighted by molar-refractivity contribution is 9.10. The Labute approximate surface area is 145 Å². The molecule has 0 aliphatic rings. The zero-order valence-electron chi connectivity index (χ0n) is 11.6. The first kappa shape index (κ1) is 17.0. The van der Waals surface area contributed by atoms with Crippen LogP contribution in [-0.2, 0) is 0 Å². The normalized spacial score (nSPS) is 10.5. The minimum atomic E-state index is -0.563. The summed E-state index contributed by atoms with van der Waals surface area (Å²) in [5.74, 6) is 0. The minimum absolute atomic E-state index is 0.157. The van der Waals surface area contributed by atoms with Crippen LogP contribution in [0.5, 0.6) is 0 Å². The van der Waals surface area contributed by atoms with Gasteiger partial charge in [-0.05, 0) is 29.8 Å². The number of urea groups is 1. The molecule has 0 bridgehead atoms. The Bertz CT molecular complexity index is 763. The monoisotopic (exact) mass is 395 g/mol. The number of halogens is 2. The number of amides is 2. The van der Waals surface area contributed by atoms with Gasteiger partial charge in [0.25, 0.3) is 5.69 Å². The molecule has 0 aliphatic heterocycles. The molecule has 0 unspecified atom stereocenters. The number of nitrogens with zero attached hydrogens (tertiary/aromatic N) is 1. The van der Waals surface area contributed by atoms with Crippen molar-refractivity contribution >= 4 is 51.0 Å². The van der Waals surface area contributed by atoms with Gasteiger partial charge in [0.1, 0.15) is 0 Å². The molecule has 0 saturated heterocycles. The van der Waals surface area contributed by atoms with E-state index in [-0.39, 0.29) is 16.4 Å². The third-order valence-electron chi connectivity index (χ3n) is 2.77. The molecule has 2 rings (SSSR count). The van der Waals surface area contributed by atoms with E-state index in [1.54, 1.807) is 6.08 Å². The minimum Gasteiger partial charge on any atom is -0.314 e. The molecule has 118 valence electrons. The summed E-state index contributed by atoms with van der Waals surface area (Å²) in [7, 11) is 0. The van der Waals surface area contributed by atoms with Crippen LogP contribution >= 0.6 is 27.5 Å². The predicted octanol–water partition coefficient (Wildman–Crippen LogP) is 4.80. The van der Waals surface area contributed by atoms with Gasteiger partial charge in [-0.2, -0.15) is 0 Å². The second-order valence-electron chi connectivity index (χ2n) is 4.40. The molecule has 0 aliphatic carbocycles. The van der Waals surface area contributed by atoms with Crippen LogP contribution in [0.1, 0.15) is 5.56 Å². The summed E-state index contributed by atoms with van der Waals surface area (Å²) in [4.78, 5) is 21.9. The maximum absolute atomic E-state index is 11.8. The molecule has 0 heterocycles. The van der Waals surface area contributed by atoms with Crippen LogP contribution < -0.4 is 10.6 Å². The molecule has 2 amide bonds. The van der Waals surface area contributed by atoms with Crippen LogP contribution in [0.25, 0.3) is 6.08 Å². The number of non-ortho nitro benzene ring substituents is 1. The van der Waals surface area contributed by atoms with Crippen LogP contribution in [0.15, 0.2) is 53.1 Å². The number of carbonyl (C=O) groups is 1. The summed E-state index contributed by atoms with van der Waals surface area (Å²) in [5.41, 5.74) is 0.910. The molecule has 8 heteroatoms. The van der Waals surface area contributed by atoms with Gasteiger partial charge in [0, 0.05) is 22.8 Å². The van der Waals surface area contributed by atoms with Crippen molar-refractivity contribution < 1.29 is 9.72 Å². The molecular formula is C15H11BrClN3O3. The number of benzene rings is 2. The van der Waals surface area contributed by atoms with Crippen molar-refractivity contribution in [2.75, 3.05) is 5.32 Å². The Hall–Kier alpha value is -2.38. The molecule has 6 nitrogen and oxygen atoms in total. The van der Waals surface area contributed by atoms with Crippen molar-refractivity contribution in [1.82, 2.24) is 5.32 Å². The van der Waals surface area contributed by atoms with Gasteiger partial charge in [-0.25, -0.2) is 4.79 Å². The largest absolute Gasteiger partial charge is 0.323 e. The topological polar surface area (TPSA) is 84.3 Å². The molecule has 0 fully saturated rings. The molecule has 2 N–H and O–H groups in total. The first-order chi connectivity index (χ1) is 11.0. The number of nitrogens with one attached hydrogen (secondary N) is 2. The highest BCUT2D eigenvalue weighted by Crippen LogP contribution is 2.26. The first-order valence-electron chi connectivity index (χ1n) is 6.39. The van der Waals surface area contributed by atoms with Crippen molar-refractivity contribution in [2.45, 2.75) is 0 Å². The van der Waals surface area contributed by atoms with E-state index in [0.29, 0.717) is 0 Å². The third-order valence-corrected chi connectivity index (χ3v) is 3.63. The molecule has 2 aromatic rings. The zero-order valence-corrected chi connectivity index (χ0v) is 14.0. The maximum atomic E-state index is 11.8. The zero-order chi connectivity index (χ0) is 16.8. The van der Waals surface area contributed by atoms with Gasteiger partial charge in [-0.3, -0.25) is 10.1 Å². The van der Waals surface area contributed by atoms with Crippen LogP contribution in [0.2, 0.25) is 5.02 Å². The molecule has 0 spiro atoms. The maximum Gasteiger partial charge on any atom is 0.323 e. The van der Waals surface area contributed by atoms with Gasteiger partial charge in [0.05, 0.1) is 15.6 Å². The number of hydrogen-bond donors (Lipinski definition) is 2. The smallest absolute Gasteiger partial charge is 0.314 e. The summed E-state index contributed by atoms with van der Waals surface area (Å²) < 4.78 is 0.959. The van der Waals surface area contributed by atoms with Gasteiger partial charge in [-0.15, -0.1) is 0 Å². The van der Waals surface area contributed by atoms with Crippen LogP contribution in [0, 0.1) is 10.1 Å². The molecule has 0 saturated carbocycles. The Kier molecular flexibility index (Phi) is 5.72. The average molecular weight is 397 g/mol. The average Bonchev–Trinajstić information content (AvgIpc) is 2.51. The fraction of sp³-hybridized carbons (Fsp3) is 0. The second kappa shape index (κ2) is 7.75. The van der Waals surface area contributed by atoms with E-state index in [9.17, 15) is 14.9 Å². The summed E-state index contributed by atoms with van der Waals surface area (Å²) in [6.07, 6.45) is 3.17. The van der Waals surface area contributed by atoms with Gasteiger partial charge in [0.2, 0.25) is 0 Å².